The fraction of sp³-hybridized carbons (Fsp3) is 0.579. The van der Waals surface area contributed by atoms with Gasteiger partial charge in [0.2, 0.25) is 5.91 Å². The average Bonchev–Trinajstić information content (AvgIpc) is 2.67. The molecule has 2 aliphatic rings. The van der Waals surface area contributed by atoms with Crippen molar-refractivity contribution >= 4 is 17.5 Å². The average molecular weight is 345 g/mol. The van der Waals surface area contributed by atoms with E-state index in [0.717, 1.165) is 52.4 Å². The fourth-order valence-electron chi connectivity index (χ4n) is 3.81. The first-order valence-corrected chi connectivity index (χ1v) is 9.25. The fourth-order valence-corrected chi connectivity index (χ4v) is 3.81. The molecule has 0 saturated carbocycles. The molecule has 0 spiro atoms. The first-order chi connectivity index (χ1) is 12.1. The van der Waals surface area contributed by atoms with Gasteiger partial charge >= 0.3 is 0 Å². The predicted octanol–water partition coefficient (Wildman–Crippen LogP) is -0.529. The molecular weight excluding hydrogens is 316 g/mol. The standard InChI is InChI=1S/C19H28N4O2/c1-16(20-8-10-21(11-9-20)17(2)24)19(25)23-14-12-22(13-15-23)18-6-4-3-5-7-18/h3-7,16H,8-15H2,1-2H3/p+1/t16-/m0/s1. The molecule has 1 aromatic rings. The van der Waals surface area contributed by atoms with Crippen LogP contribution >= 0.6 is 0 Å². The second-order valence-corrected chi connectivity index (χ2v) is 7.03. The van der Waals surface area contributed by atoms with Gasteiger partial charge in [-0.1, -0.05) is 18.2 Å². The van der Waals surface area contributed by atoms with Gasteiger partial charge in [0.15, 0.2) is 6.04 Å². The lowest BCUT2D eigenvalue weighted by Crippen LogP contribution is -3.19. The molecule has 2 amide bonds. The van der Waals surface area contributed by atoms with Gasteiger partial charge in [-0.05, 0) is 19.1 Å². The van der Waals surface area contributed by atoms with Crippen molar-refractivity contribution in [3.63, 3.8) is 0 Å². The Morgan fingerprint density at radius 3 is 2.08 bits per heavy atom. The quantitative estimate of drug-likeness (QED) is 0.801. The lowest BCUT2D eigenvalue weighted by molar-refractivity contribution is -0.918. The highest BCUT2D eigenvalue weighted by atomic mass is 16.2. The SMILES string of the molecule is CC(=O)N1CC[NH+]([C@@H](C)C(=O)N2CCN(c3ccccc3)CC2)CC1. The predicted molar refractivity (Wildman–Crippen MR) is 97.6 cm³/mol. The van der Waals surface area contributed by atoms with Crippen LogP contribution in [0.1, 0.15) is 13.8 Å². The van der Waals surface area contributed by atoms with Gasteiger partial charge in [-0.15, -0.1) is 0 Å². The number of piperazine rings is 2. The third-order valence-electron chi connectivity index (χ3n) is 5.55. The number of rotatable bonds is 3. The number of hydrogen-bond acceptors (Lipinski definition) is 3. The van der Waals surface area contributed by atoms with Gasteiger partial charge in [-0.25, -0.2) is 0 Å². The van der Waals surface area contributed by atoms with E-state index < -0.39 is 0 Å². The minimum atomic E-state index is -0.0302. The summed E-state index contributed by atoms with van der Waals surface area (Å²) >= 11 is 0. The lowest BCUT2D eigenvalue weighted by atomic mass is 10.1. The number of anilines is 1. The van der Waals surface area contributed by atoms with Crippen molar-refractivity contribution in [3.8, 4) is 0 Å². The highest BCUT2D eigenvalue weighted by molar-refractivity contribution is 5.80. The highest BCUT2D eigenvalue weighted by Crippen LogP contribution is 2.15. The summed E-state index contributed by atoms with van der Waals surface area (Å²) in [5.41, 5.74) is 1.23. The Balaban J connectivity index is 1.50. The molecule has 0 radical (unpaired) electrons. The maximum Gasteiger partial charge on any atom is 0.280 e. The Kier molecular flexibility index (Phi) is 5.58. The molecule has 2 saturated heterocycles. The molecule has 1 aromatic carbocycles. The van der Waals surface area contributed by atoms with Gasteiger partial charge in [0.05, 0.1) is 26.2 Å². The molecule has 1 N–H and O–H groups in total. The summed E-state index contributed by atoms with van der Waals surface area (Å²) in [6, 6.07) is 10.4. The number of nitrogens with zero attached hydrogens (tertiary/aromatic N) is 3. The van der Waals surface area contributed by atoms with Crippen LogP contribution in [0.4, 0.5) is 5.69 Å². The number of quaternary nitrogens is 1. The number of benzene rings is 1. The number of nitrogens with one attached hydrogen (secondary N) is 1. The van der Waals surface area contributed by atoms with Gasteiger partial charge in [-0.3, -0.25) is 9.59 Å². The second-order valence-electron chi connectivity index (χ2n) is 7.03. The van der Waals surface area contributed by atoms with E-state index in [-0.39, 0.29) is 17.9 Å². The molecule has 6 heteroatoms. The van der Waals surface area contributed by atoms with Crippen molar-refractivity contribution in [1.82, 2.24) is 9.80 Å². The van der Waals surface area contributed by atoms with Crippen molar-refractivity contribution in [2.75, 3.05) is 57.3 Å². The van der Waals surface area contributed by atoms with Gasteiger partial charge in [0, 0.05) is 38.8 Å². The summed E-state index contributed by atoms with van der Waals surface area (Å²) < 4.78 is 0. The Bertz CT molecular complexity index is 591. The Labute approximate surface area is 150 Å². The molecule has 2 heterocycles. The lowest BCUT2D eigenvalue weighted by Gasteiger charge is -2.39. The number of hydrogen-bond donors (Lipinski definition) is 1. The highest BCUT2D eigenvalue weighted by Gasteiger charge is 2.33. The maximum absolute atomic E-state index is 12.9. The smallest absolute Gasteiger partial charge is 0.280 e. The zero-order valence-electron chi connectivity index (χ0n) is 15.3. The van der Waals surface area contributed by atoms with Crippen LogP contribution in [0, 0.1) is 0 Å². The van der Waals surface area contributed by atoms with Crippen molar-refractivity contribution in [1.29, 1.82) is 0 Å². The van der Waals surface area contributed by atoms with Gasteiger partial charge in [-0.2, -0.15) is 0 Å². The number of carbonyl (C=O) groups is 2. The topological polar surface area (TPSA) is 48.3 Å². The molecule has 3 rings (SSSR count). The Morgan fingerprint density at radius 2 is 1.52 bits per heavy atom. The van der Waals surface area contributed by atoms with Gasteiger partial charge in [0.25, 0.3) is 5.91 Å². The molecule has 0 aromatic heterocycles. The van der Waals surface area contributed by atoms with E-state index in [0.29, 0.717) is 0 Å². The minimum Gasteiger partial charge on any atom is -0.368 e. The summed E-state index contributed by atoms with van der Waals surface area (Å²) in [5.74, 6) is 0.383. The zero-order valence-corrected chi connectivity index (χ0v) is 15.3. The van der Waals surface area contributed by atoms with Crippen LogP contribution in [-0.4, -0.2) is 80.0 Å². The molecule has 2 aliphatic heterocycles. The molecule has 6 nitrogen and oxygen atoms in total. The first kappa shape index (κ1) is 17.7. The molecular formula is C19H29N4O2+. The monoisotopic (exact) mass is 345 g/mol. The largest absolute Gasteiger partial charge is 0.368 e. The summed E-state index contributed by atoms with van der Waals surface area (Å²) in [6.07, 6.45) is 0. The van der Waals surface area contributed by atoms with E-state index in [2.05, 4.69) is 29.2 Å². The third-order valence-corrected chi connectivity index (χ3v) is 5.55. The van der Waals surface area contributed by atoms with Crippen LogP contribution in [0.3, 0.4) is 0 Å². The van der Waals surface area contributed by atoms with Crippen molar-refractivity contribution in [2.45, 2.75) is 19.9 Å². The van der Waals surface area contributed by atoms with E-state index in [9.17, 15) is 9.59 Å². The molecule has 2 fully saturated rings. The maximum atomic E-state index is 12.9. The molecule has 136 valence electrons. The molecule has 0 aliphatic carbocycles. The molecule has 25 heavy (non-hydrogen) atoms. The van der Waals surface area contributed by atoms with Crippen LogP contribution in [0.5, 0.6) is 0 Å². The summed E-state index contributed by atoms with van der Waals surface area (Å²) in [4.78, 5) is 31.8. The van der Waals surface area contributed by atoms with Crippen molar-refractivity contribution < 1.29 is 14.5 Å². The first-order valence-electron chi connectivity index (χ1n) is 9.25. The van der Waals surface area contributed by atoms with Crippen LogP contribution in [0.25, 0.3) is 0 Å². The second kappa shape index (κ2) is 7.87. The van der Waals surface area contributed by atoms with E-state index >= 15 is 0 Å². The Morgan fingerprint density at radius 1 is 0.920 bits per heavy atom. The molecule has 0 unspecified atom stereocenters. The summed E-state index contributed by atoms with van der Waals surface area (Å²) in [5, 5.41) is 0. The van der Waals surface area contributed by atoms with E-state index in [1.807, 2.05) is 22.8 Å². The number of para-hydroxylation sites is 1. The van der Waals surface area contributed by atoms with Gasteiger partial charge in [0.1, 0.15) is 0 Å². The van der Waals surface area contributed by atoms with Crippen LogP contribution < -0.4 is 9.80 Å². The van der Waals surface area contributed by atoms with E-state index in [1.165, 1.54) is 10.6 Å². The Hall–Kier alpha value is -2.08. The van der Waals surface area contributed by atoms with Crippen LogP contribution in [-0.2, 0) is 9.59 Å². The molecule has 1 atom stereocenters. The summed E-state index contributed by atoms with van der Waals surface area (Å²) in [7, 11) is 0. The van der Waals surface area contributed by atoms with Crippen molar-refractivity contribution in [3.05, 3.63) is 30.3 Å². The zero-order chi connectivity index (χ0) is 17.8. The molecule has 0 bridgehead atoms. The van der Waals surface area contributed by atoms with Gasteiger partial charge < -0.3 is 19.6 Å². The van der Waals surface area contributed by atoms with E-state index in [1.54, 1.807) is 6.92 Å². The number of amides is 2. The van der Waals surface area contributed by atoms with E-state index in [4.69, 9.17) is 0 Å². The minimum absolute atomic E-state index is 0.0302. The van der Waals surface area contributed by atoms with Crippen molar-refractivity contribution in [2.24, 2.45) is 0 Å². The normalized spacial score (nSPS) is 20.5. The van der Waals surface area contributed by atoms with Crippen LogP contribution in [0.2, 0.25) is 0 Å². The van der Waals surface area contributed by atoms with Crippen LogP contribution in [0.15, 0.2) is 30.3 Å². The third kappa shape index (κ3) is 4.12. The number of carbonyl (C=O) groups excluding carboxylic acids is 2. The summed E-state index contributed by atoms with van der Waals surface area (Å²) in [6.45, 7) is 10.2.